The number of nitrogens with one attached hydrogen (secondary N) is 1. The number of hydrogen-bond donors (Lipinski definition) is 2. The molecule has 2 unspecified atom stereocenters. The van der Waals surface area contributed by atoms with E-state index in [9.17, 15) is 18.0 Å². The molecule has 1 saturated heterocycles. The lowest BCUT2D eigenvalue weighted by Gasteiger charge is -2.29. The van der Waals surface area contributed by atoms with Crippen LogP contribution in [-0.2, 0) is 19.4 Å². The summed E-state index contributed by atoms with van der Waals surface area (Å²) in [5.74, 6) is -1.62. The van der Waals surface area contributed by atoms with Gasteiger partial charge in [0.05, 0.1) is 17.6 Å². The second kappa shape index (κ2) is 7.89. The van der Waals surface area contributed by atoms with Crippen LogP contribution in [0.3, 0.4) is 0 Å². The summed E-state index contributed by atoms with van der Waals surface area (Å²) in [7, 11) is 0.527. The molecule has 1 aliphatic rings. The summed E-state index contributed by atoms with van der Waals surface area (Å²) in [6.07, 6.45) is -0.399. The van der Waals surface area contributed by atoms with Crippen molar-refractivity contribution in [1.29, 1.82) is 0 Å². The van der Waals surface area contributed by atoms with Gasteiger partial charge in [-0.3, -0.25) is 9.59 Å². The van der Waals surface area contributed by atoms with Crippen LogP contribution < -0.4 is 5.32 Å². The number of carbonyl (C=O) groups excluding carboxylic acids is 2. The van der Waals surface area contributed by atoms with Crippen molar-refractivity contribution >= 4 is 21.7 Å². The number of aliphatic hydroxyl groups is 1. The predicted molar refractivity (Wildman–Crippen MR) is 82.0 cm³/mol. The Labute approximate surface area is 131 Å². The van der Waals surface area contributed by atoms with Gasteiger partial charge in [0.1, 0.15) is 0 Å². The molecule has 1 heterocycles. The Morgan fingerprint density at radius 3 is 2.41 bits per heavy atom. The Morgan fingerprint density at radius 1 is 1.32 bits per heavy atom. The highest BCUT2D eigenvalue weighted by atomic mass is 32.2. The number of likely N-dealkylation sites (N-methyl/N-ethyl adjacent to an activating group) is 1. The maximum Gasteiger partial charge on any atom is 0.312 e. The lowest BCUT2D eigenvalue weighted by atomic mass is 10.2. The minimum atomic E-state index is -3.14. The fraction of sp³-hybridized carbons (Fsp3) is 0.846. The standard InChI is InChI=1S/C13H25N3O5S/c1-10(17)8-14-12(18)13(19)16(6-5-15(2)3)11-4-7-22(20,21)9-11/h10-11,17H,4-9H2,1-3H3,(H,14,18). The summed E-state index contributed by atoms with van der Waals surface area (Å²) in [6.45, 7) is 2.30. The van der Waals surface area contributed by atoms with Gasteiger partial charge in [-0.05, 0) is 27.4 Å². The zero-order valence-corrected chi connectivity index (χ0v) is 14.1. The average molecular weight is 335 g/mol. The molecule has 1 fully saturated rings. The van der Waals surface area contributed by atoms with Crippen LogP contribution >= 0.6 is 0 Å². The van der Waals surface area contributed by atoms with Crippen LogP contribution in [0.5, 0.6) is 0 Å². The summed E-state index contributed by atoms with van der Waals surface area (Å²) in [5.41, 5.74) is 0. The molecule has 0 bridgehead atoms. The molecule has 0 saturated carbocycles. The topological polar surface area (TPSA) is 107 Å². The molecule has 2 atom stereocenters. The molecular weight excluding hydrogens is 310 g/mol. The van der Waals surface area contributed by atoms with Crippen LogP contribution in [-0.4, -0.2) is 92.5 Å². The van der Waals surface area contributed by atoms with Crippen LogP contribution in [0, 0.1) is 0 Å². The van der Waals surface area contributed by atoms with Gasteiger partial charge in [-0.2, -0.15) is 0 Å². The summed E-state index contributed by atoms with van der Waals surface area (Å²) in [4.78, 5) is 27.4. The van der Waals surface area contributed by atoms with E-state index in [1.807, 2.05) is 19.0 Å². The third kappa shape index (κ3) is 5.90. The molecular formula is C13H25N3O5S. The predicted octanol–water partition coefficient (Wildman–Crippen LogP) is -1.94. The van der Waals surface area contributed by atoms with E-state index in [4.69, 9.17) is 5.11 Å². The number of sulfone groups is 1. The maximum absolute atomic E-state index is 12.3. The number of hydrogen-bond acceptors (Lipinski definition) is 6. The molecule has 0 aromatic rings. The fourth-order valence-electron chi connectivity index (χ4n) is 2.23. The van der Waals surface area contributed by atoms with Gasteiger partial charge in [0.2, 0.25) is 0 Å². The molecule has 128 valence electrons. The highest BCUT2D eigenvalue weighted by molar-refractivity contribution is 7.91. The van der Waals surface area contributed by atoms with Crippen molar-refractivity contribution in [1.82, 2.24) is 15.1 Å². The summed E-state index contributed by atoms with van der Waals surface area (Å²) >= 11 is 0. The highest BCUT2D eigenvalue weighted by Gasteiger charge is 2.36. The SMILES string of the molecule is CC(O)CNC(=O)C(=O)N(CCN(C)C)C1CCS(=O)(=O)C1. The van der Waals surface area contributed by atoms with Gasteiger partial charge in [-0.25, -0.2) is 8.42 Å². The quantitative estimate of drug-likeness (QED) is 0.547. The fourth-order valence-corrected chi connectivity index (χ4v) is 3.96. The van der Waals surface area contributed by atoms with Gasteiger partial charge in [-0.15, -0.1) is 0 Å². The molecule has 22 heavy (non-hydrogen) atoms. The molecule has 0 aliphatic carbocycles. The Bertz CT molecular complexity index is 504. The molecule has 2 N–H and O–H groups in total. The maximum atomic E-state index is 12.3. The van der Waals surface area contributed by atoms with E-state index in [1.54, 1.807) is 0 Å². The molecule has 0 aromatic heterocycles. The van der Waals surface area contributed by atoms with Crippen molar-refractivity contribution in [3.8, 4) is 0 Å². The average Bonchev–Trinajstić information content (AvgIpc) is 2.75. The first-order chi connectivity index (χ1) is 10.1. The van der Waals surface area contributed by atoms with Crippen molar-refractivity contribution in [3.63, 3.8) is 0 Å². The molecule has 9 heteroatoms. The van der Waals surface area contributed by atoms with E-state index in [-0.39, 0.29) is 24.6 Å². The van der Waals surface area contributed by atoms with E-state index >= 15 is 0 Å². The van der Waals surface area contributed by atoms with E-state index in [0.717, 1.165) is 0 Å². The van der Waals surface area contributed by atoms with Crippen molar-refractivity contribution in [3.05, 3.63) is 0 Å². The van der Waals surface area contributed by atoms with Crippen LogP contribution in [0.4, 0.5) is 0 Å². The highest BCUT2D eigenvalue weighted by Crippen LogP contribution is 2.18. The Hall–Kier alpha value is -1.19. The van der Waals surface area contributed by atoms with Gasteiger partial charge in [0.25, 0.3) is 0 Å². The summed E-state index contributed by atoms with van der Waals surface area (Å²) < 4.78 is 23.2. The van der Waals surface area contributed by atoms with E-state index in [0.29, 0.717) is 13.0 Å². The largest absolute Gasteiger partial charge is 0.392 e. The monoisotopic (exact) mass is 335 g/mol. The van der Waals surface area contributed by atoms with Crippen LogP contribution in [0.15, 0.2) is 0 Å². The van der Waals surface area contributed by atoms with Gasteiger partial charge in [0.15, 0.2) is 9.84 Å². The molecule has 0 radical (unpaired) electrons. The lowest BCUT2D eigenvalue weighted by Crippen LogP contribution is -2.51. The lowest BCUT2D eigenvalue weighted by molar-refractivity contribution is -0.147. The first kappa shape index (κ1) is 18.9. The molecule has 1 aliphatic heterocycles. The van der Waals surface area contributed by atoms with Crippen molar-refractivity contribution in [2.75, 3.05) is 45.2 Å². The number of amides is 2. The van der Waals surface area contributed by atoms with Crippen LogP contribution in [0.25, 0.3) is 0 Å². The van der Waals surface area contributed by atoms with Crippen molar-refractivity contribution < 1.29 is 23.1 Å². The van der Waals surface area contributed by atoms with E-state index < -0.39 is 33.8 Å². The first-order valence-electron chi connectivity index (χ1n) is 7.24. The zero-order chi connectivity index (χ0) is 16.9. The smallest absolute Gasteiger partial charge is 0.312 e. The molecule has 1 rings (SSSR count). The van der Waals surface area contributed by atoms with Crippen LogP contribution in [0.2, 0.25) is 0 Å². The molecule has 2 amide bonds. The third-order valence-electron chi connectivity index (χ3n) is 3.45. The number of carbonyl (C=O) groups is 2. The second-order valence-electron chi connectivity index (χ2n) is 5.92. The summed E-state index contributed by atoms with van der Waals surface area (Å²) in [6, 6.07) is -0.463. The molecule has 0 aromatic carbocycles. The van der Waals surface area contributed by atoms with Crippen molar-refractivity contribution in [2.45, 2.75) is 25.5 Å². The van der Waals surface area contributed by atoms with Crippen LogP contribution in [0.1, 0.15) is 13.3 Å². The Balaban J connectivity index is 2.76. The normalized spacial score (nSPS) is 21.6. The minimum absolute atomic E-state index is 0.0188. The minimum Gasteiger partial charge on any atom is -0.392 e. The number of aliphatic hydroxyl groups excluding tert-OH is 1. The van der Waals surface area contributed by atoms with E-state index in [1.165, 1.54) is 11.8 Å². The molecule has 0 spiro atoms. The Kier molecular flexibility index (Phi) is 6.76. The van der Waals surface area contributed by atoms with Gasteiger partial charge in [0, 0.05) is 25.7 Å². The third-order valence-corrected chi connectivity index (χ3v) is 5.20. The zero-order valence-electron chi connectivity index (χ0n) is 13.3. The number of rotatable bonds is 6. The second-order valence-corrected chi connectivity index (χ2v) is 8.15. The van der Waals surface area contributed by atoms with Gasteiger partial charge in [-0.1, -0.05) is 0 Å². The summed E-state index contributed by atoms with van der Waals surface area (Å²) in [5, 5.41) is 11.5. The van der Waals surface area contributed by atoms with Crippen molar-refractivity contribution in [2.24, 2.45) is 0 Å². The van der Waals surface area contributed by atoms with E-state index in [2.05, 4.69) is 5.32 Å². The Morgan fingerprint density at radius 2 is 1.95 bits per heavy atom. The van der Waals surface area contributed by atoms with Gasteiger partial charge >= 0.3 is 11.8 Å². The molecule has 8 nitrogen and oxygen atoms in total. The number of nitrogens with zero attached hydrogens (tertiary/aromatic N) is 2. The van der Waals surface area contributed by atoms with Gasteiger partial charge < -0.3 is 20.2 Å². The first-order valence-corrected chi connectivity index (χ1v) is 9.06.